The Morgan fingerprint density at radius 1 is 1.16 bits per heavy atom. The lowest BCUT2D eigenvalue weighted by Gasteiger charge is -1.96. The van der Waals surface area contributed by atoms with Crippen LogP contribution in [-0.4, -0.2) is 15.2 Å². The minimum atomic E-state index is 0.240. The van der Waals surface area contributed by atoms with Crippen LogP contribution >= 0.6 is 0 Å². The number of hydrogen-bond donors (Lipinski definition) is 1. The quantitative estimate of drug-likeness (QED) is 0.780. The molecule has 1 aromatic carbocycles. The molecule has 2 heterocycles. The molecule has 0 amide bonds. The van der Waals surface area contributed by atoms with E-state index in [1.165, 1.54) is 0 Å². The fourth-order valence-corrected chi connectivity index (χ4v) is 1.84. The fourth-order valence-electron chi connectivity index (χ4n) is 1.84. The topological polar surface area (TPSA) is 72.3 Å². The average Bonchev–Trinajstić information content (AvgIpc) is 3.01. The van der Waals surface area contributed by atoms with E-state index in [4.69, 9.17) is 8.94 Å². The molecule has 0 bridgehead atoms. The van der Waals surface area contributed by atoms with E-state index in [-0.39, 0.29) is 5.75 Å². The van der Waals surface area contributed by atoms with Gasteiger partial charge in [0.2, 0.25) is 11.7 Å². The van der Waals surface area contributed by atoms with Gasteiger partial charge >= 0.3 is 0 Å². The van der Waals surface area contributed by atoms with Crippen molar-refractivity contribution < 1.29 is 14.0 Å². The van der Waals surface area contributed by atoms with Crippen LogP contribution in [0, 0.1) is 6.92 Å². The first-order valence-electron chi connectivity index (χ1n) is 5.87. The summed E-state index contributed by atoms with van der Waals surface area (Å²) in [5.74, 6) is 2.06. The zero-order chi connectivity index (χ0) is 13.2. The number of aromatic nitrogens is 2. The standard InChI is InChI=1S/C14H12N2O3/c1-9-12(6-7-18-9)14-15-13(19-16-14)8-10-2-4-11(17)5-3-10/h2-7,17H,8H2,1H3. The second-order valence-electron chi connectivity index (χ2n) is 4.25. The van der Waals surface area contributed by atoms with E-state index in [2.05, 4.69) is 10.1 Å². The van der Waals surface area contributed by atoms with Crippen molar-refractivity contribution in [2.45, 2.75) is 13.3 Å². The van der Waals surface area contributed by atoms with E-state index in [0.29, 0.717) is 18.1 Å². The number of furan rings is 1. The van der Waals surface area contributed by atoms with Crippen LogP contribution in [0.15, 0.2) is 45.5 Å². The van der Waals surface area contributed by atoms with Crippen molar-refractivity contribution in [2.75, 3.05) is 0 Å². The largest absolute Gasteiger partial charge is 0.508 e. The molecule has 2 aromatic heterocycles. The second kappa shape index (κ2) is 4.61. The van der Waals surface area contributed by atoms with Crippen molar-refractivity contribution in [3.8, 4) is 17.1 Å². The van der Waals surface area contributed by atoms with Crippen molar-refractivity contribution in [1.82, 2.24) is 10.1 Å². The molecule has 0 fully saturated rings. The minimum Gasteiger partial charge on any atom is -0.508 e. The molecule has 3 rings (SSSR count). The van der Waals surface area contributed by atoms with Crippen LogP contribution in [0.2, 0.25) is 0 Å². The summed E-state index contributed by atoms with van der Waals surface area (Å²) in [7, 11) is 0. The summed E-state index contributed by atoms with van der Waals surface area (Å²) in [6.45, 7) is 1.85. The molecule has 19 heavy (non-hydrogen) atoms. The Labute approximate surface area is 109 Å². The maximum atomic E-state index is 9.22. The highest BCUT2D eigenvalue weighted by Gasteiger charge is 2.12. The molecule has 0 saturated heterocycles. The fraction of sp³-hybridized carbons (Fsp3) is 0.143. The first-order chi connectivity index (χ1) is 9.22. The highest BCUT2D eigenvalue weighted by atomic mass is 16.5. The number of benzene rings is 1. The average molecular weight is 256 g/mol. The predicted octanol–water partition coefficient (Wildman–Crippen LogP) is 2.93. The molecule has 0 aliphatic carbocycles. The summed E-state index contributed by atoms with van der Waals surface area (Å²) in [5, 5.41) is 13.2. The molecule has 5 heteroatoms. The lowest BCUT2D eigenvalue weighted by molar-refractivity contribution is 0.385. The van der Waals surface area contributed by atoms with Crippen LogP contribution in [0.4, 0.5) is 0 Å². The van der Waals surface area contributed by atoms with Crippen molar-refractivity contribution in [2.24, 2.45) is 0 Å². The van der Waals surface area contributed by atoms with Crippen LogP contribution in [0.1, 0.15) is 17.2 Å². The predicted molar refractivity (Wildman–Crippen MR) is 67.6 cm³/mol. The molecule has 0 spiro atoms. The molecule has 0 aliphatic rings. The highest BCUT2D eigenvalue weighted by Crippen LogP contribution is 2.22. The van der Waals surface area contributed by atoms with Gasteiger partial charge < -0.3 is 14.0 Å². The maximum absolute atomic E-state index is 9.22. The maximum Gasteiger partial charge on any atom is 0.231 e. The van der Waals surface area contributed by atoms with Crippen LogP contribution in [0.5, 0.6) is 5.75 Å². The number of phenolic OH excluding ortho intramolecular Hbond substituents is 1. The van der Waals surface area contributed by atoms with Gasteiger partial charge in [-0.2, -0.15) is 4.98 Å². The molecule has 0 aliphatic heterocycles. The minimum absolute atomic E-state index is 0.240. The van der Waals surface area contributed by atoms with Crippen molar-refractivity contribution in [3.63, 3.8) is 0 Å². The molecular weight excluding hydrogens is 244 g/mol. The van der Waals surface area contributed by atoms with E-state index < -0.39 is 0 Å². The van der Waals surface area contributed by atoms with E-state index >= 15 is 0 Å². The van der Waals surface area contributed by atoms with Gasteiger partial charge in [-0.3, -0.25) is 0 Å². The molecule has 1 N–H and O–H groups in total. The molecule has 0 radical (unpaired) electrons. The second-order valence-corrected chi connectivity index (χ2v) is 4.25. The molecular formula is C14H12N2O3. The third-order valence-electron chi connectivity index (χ3n) is 2.86. The van der Waals surface area contributed by atoms with Gasteiger partial charge in [0.1, 0.15) is 11.5 Å². The Kier molecular flexibility index (Phi) is 2.79. The lowest BCUT2D eigenvalue weighted by Crippen LogP contribution is -1.88. The summed E-state index contributed by atoms with van der Waals surface area (Å²) in [4.78, 5) is 4.33. The van der Waals surface area contributed by atoms with Crippen LogP contribution < -0.4 is 0 Å². The van der Waals surface area contributed by atoms with Gasteiger partial charge in [0.05, 0.1) is 18.2 Å². The van der Waals surface area contributed by atoms with Crippen LogP contribution in [0.25, 0.3) is 11.4 Å². The Balaban J connectivity index is 1.82. The number of rotatable bonds is 3. The smallest absolute Gasteiger partial charge is 0.231 e. The van der Waals surface area contributed by atoms with Crippen molar-refractivity contribution >= 4 is 0 Å². The van der Waals surface area contributed by atoms with Crippen LogP contribution in [0.3, 0.4) is 0 Å². The number of aromatic hydroxyl groups is 1. The monoisotopic (exact) mass is 256 g/mol. The van der Waals surface area contributed by atoms with Crippen molar-refractivity contribution in [1.29, 1.82) is 0 Å². The van der Waals surface area contributed by atoms with Crippen LogP contribution in [-0.2, 0) is 6.42 Å². The highest BCUT2D eigenvalue weighted by molar-refractivity contribution is 5.56. The Morgan fingerprint density at radius 3 is 2.63 bits per heavy atom. The third kappa shape index (κ3) is 2.35. The molecule has 96 valence electrons. The summed E-state index contributed by atoms with van der Waals surface area (Å²) in [6, 6.07) is 8.72. The summed E-state index contributed by atoms with van der Waals surface area (Å²) < 4.78 is 10.4. The first-order valence-corrected chi connectivity index (χ1v) is 5.87. The molecule has 5 nitrogen and oxygen atoms in total. The first kappa shape index (κ1) is 11.5. The van der Waals surface area contributed by atoms with E-state index in [1.807, 2.05) is 25.1 Å². The van der Waals surface area contributed by atoms with E-state index in [1.54, 1.807) is 18.4 Å². The molecule has 0 saturated carbocycles. The summed E-state index contributed by atoms with van der Waals surface area (Å²) in [5.41, 5.74) is 1.83. The SMILES string of the molecule is Cc1occc1-c1noc(Cc2ccc(O)cc2)n1. The van der Waals surface area contributed by atoms with E-state index in [9.17, 15) is 5.11 Å². The number of nitrogens with zero attached hydrogens (tertiary/aromatic N) is 2. The van der Waals surface area contributed by atoms with Gasteiger partial charge in [0.25, 0.3) is 0 Å². The van der Waals surface area contributed by atoms with Gasteiger partial charge in [0.15, 0.2) is 0 Å². The zero-order valence-corrected chi connectivity index (χ0v) is 10.3. The van der Waals surface area contributed by atoms with Gasteiger partial charge in [0, 0.05) is 0 Å². The number of hydrogen-bond acceptors (Lipinski definition) is 5. The Hall–Kier alpha value is -2.56. The molecule has 0 unspecified atom stereocenters. The van der Waals surface area contributed by atoms with E-state index in [0.717, 1.165) is 16.9 Å². The Bertz CT molecular complexity index is 683. The lowest BCUT2D eigenvalue weighted by atomic mass is 10.1. The van der Waals surface area contributed by atoms with Gasteiger partial charge in [-0.05, 0) is 30.7 Å². The van der Waals surface area contributed by atoms with Gasteiger partial charge in [-0.1, -0.05) is 17.3 Å². The van der Waals surface area contributed by atoms with Gasteiger partial charge in [-0.25, -0.2) is 0 Å². The number of aryl methyl sites for hydroxylation is 1. The molecule has 3 aromatic rings. The normalized spacial score (nSPS) is 10.8. The number of phenols is 1. The molecule has 0 atom stereocenters. The summed E-state index contributed by atoms with van der Waals surface area (Å²) >= 11 is 0. The van der Waals surface area contributed by atoms with Crippen molar-refractivity contribution in [3.05, 3.63) is 53.8 Å². The third-order valence-corrected chi connectivity index (χ3v) is 2.86. The zero-order valence-electron chi connectivity index (χ0n) is 10.3. The Morgan fingerprint density at radius 2 is 1.95 bits per heavy atom. The van der Waals surface area contributed by atoms with Gasteiger partial charge in [-0.15, -0.1) is 0 Å². The summed E-state index contributed by atoms with van der Waals surface area (Å²) in [6.07, 6.45) is 2.13.